The number of hydrogen-bond acceptors (Lipinski definition) is 1. The Morgan fingerprint density at radius 3 is 2.44 bits per heavy atom. The molecule has 0 amide bonds. The molecule has 3 N–H and O–H groups in total. The molecule has 0 aliphatic carbocycles. The zero-order chi connectivity index (χ0) is 7.28. The van der Waals surface area contributed by atoms with Gasteiger partial charge in [0.1, 0.15) is 6.04 Å². The van der Waals surface area contributed by atoms with E-state index >= 15 is 0 Å². The molecule has 0 bridgehead atoms. The van der Waals surface area contributed by atoms with Gasteiger partial charge in [-0.15, -0.1) is 0 Å². The molecule has 1 unspecified atom stereocenters. The summed E-state index contributed by atoms with van der Waals surface area (Å²) >= 11 is 0. The van der Waals surface area contributed by atoms with E-state index in [1.165, 1.54) is 0 Å². The highest BCUT2D eigenvalue weighted by atomic mass is 16.1. The molecule has 0 saturated heterocycles. The Kier molecular flexibility index (Phi) is 4.32. The van der Waals surface area contributed by atoms with Crippen LogP contribution in [0.1, 0.15) is 33.1 Å². The standard InChI is InChI=1S/C7H15NO/c1-3-5-7(9)6(8)4-2/h6H,3-5,8H2,1-2H3/p+1. The summed E-state index contributed by atoms with van der Waals surface area (Å²) in [5.74, 6) is 0.306. The molecular formula is C7H16NO+. The van der Waals surface area contributed by atoms with Crippen LogP contribution < -0.4 is 5.73 Å². The van der Waals surface area contributed by atoms with Crippen molar-refractivity contribution in [2.45, 2.75) is 39.2 Å². The lowest BCUT2D eigenvalue weighted by Crippen LogP contribution is -2.64. The van der Waals surface area contributed by atoms with E-state index in [4.69, 9.17) is 0 Å². The minimum Gasteiger partial charge on any atom is -0.349 e. The maximum atomic E-state index is 10.9. The van der Waals surface area contributed by atoms with E-state index in [9.17, 15) is 4.79 Å². The molecule has 1 atom stereocenters. The average Bonchev–Trinajstić information content (AvgIpc) is 1.87. The summed E-state index contributed by atoms with van der Waals surface area (Å²) in [6.45, 7) is 4.01. The maximum absolute atomic E-state index is 10.9. The Hall–Kier alpha value is -0.370. The van der Waals surface area contributed by atoms with Crippen LogP contribution in [0.3, 0.4) is 0 Å². The maximum Gasteiger partial charge on any atom is 0.189 e. The first kappa shape index (κ1) is 8.63. The molecule has 0 rings (SSSR count). The fraction of sp³-hybridized carbons (Fsp3) is 0.857. The number of ketones is 1. The minimum atomic E-state index is 0.0324. The highest BCUT2D eigenvalue weighted by Crippen LogP contribution is 1.94. The van der Waals surface area contributed by atoms with E-state index < -0.39 is 0 Å². The molecule has 54 valence electrons. The third kappa shape index (κ3) is 3.25. The summed E-state index contributed by atoms with van der Waals surface area (Å²) in [5.41, 5.74) is 3.73. The third-order valence-electron chi connectivity index (χ3n) is 1.44. The molecule has 0 aromatic heterocycles. The van der Waals surface area contributed by atoms with E-state index in [0.717, 1.165) is 12.8 Å². The van der Waals surface area contributed by atoms with Crippen LogP contribution in [0.2, 0.25) is 0 Å². The molecule has 0 aromatic carbocycles. The molecule has 0 aliphatic heterocycles. The molecule has 0 radical (unpaired) electrons. The average molecular weight is 130 g/mol. The number of quaternary nitrogens is 1. The van der Waals surface area contributed by atoms with Crippen LogP contribution in [-0.4, -0.2) is 11.8 Å². The first-order chi connectivity index (χ1) is 4.22. The monoisotopic (exact) mass is 130 g/mol. The van der Waals surface area contributed by atoms with Crippen LogP contribution in [0.5, 0.6) is 0 Å². The zero-order valence-corrected chi connectivity index (χ0v) is 6.31. The van der Waals surface area contributed by atoms with Gasteiger partial charge in [-0.3, -0.25) is 4.79 Å². The van der Waals surface area contributed by atoms with Gasteiger partial charge in [-0.2, -0.15) is 0 Å². The topological polar surface area (TPSA) is 44.7 Å². The quantitative estimate of drug-likeness (QED) is 0.587. The fourth-order valence-corrected chi connectivity index (χ4v) is 0.678. The van der Waals surface area contributed by atoms with Gasteiger partial charge in [0, 0.05) is 12.8 Å². The van der Waals surface area contributed by atoms with Crippen molar-refractivity contribution in [3.63, 3.8) is 0 Å². The summed E-state index contributed by atoms with van der Waals surface area (Å²) in [6, 6.07) is 0.0324. The van der Waals surface area contributed by atoms with E-state index in [1.807, 2.05) is 13.8 Å². The number of carbonyl (C=O) groups is 1. The molecule has 2 heteroatoms. The second-order valence-corrected chi connectivity index (χ2v) is 2.32. The van der Waals surface area contributed by atoms with Gasteiger partial charge in [0.2, 0.25) is 0 Å². The Balaban J connectivity index is 3.46. The van der Waals surface area contributed by atoms with Crippen LogP contribution in [0, 0.1) is 0 Å². The summed E-state index contributed by atoms with van der Waals surface area (Å²) in [5, 5.41) is 0. The van der Waals surface area contributed by atoms with Gasteiger partial charge in [-0.25, -0.2) is 0 Å². The zero-order valence-electron chi connectivity index (χ0n) is 6.31. The van der Waals surface area contributed by atoms with Crippen molar-refractivity contribution in [2.75, 3.05) is 0 Å². The highest BCUT2D eigenvalue weighted by molar-refractivity contribution is 5.82. The normalized spacial score (nSPS) is 13.2. The Labute approximate surface area is 56.4 Å². The number of rotatable bonds is 4. The molecule has 0 heterocycles. The van der Waals surface area contributed by atoms with Crippen LogP contribution in [-0.2, 0) is 4.79 Å². The third-order valence-corrected chi connectivity index (χ3v) is 1.44. The SMILES string of the molecule is CCCC(=O)C([NH3+])CC. The van der Waals surface area contributed by atoms with Gasteiger partial charge >= 0.3 is 0 Å². The van der Waals surface area contributed by atoms with Crippen LogP contribution in [0.4, 0.5) is 0 Å². The summed E-state index contributed by atoms with van der Waals surface area (Å²) in [6.07, 6.45) is 2.52. The molecule has 0 aliphatic rings. The predicted molar refractivity (Wildman–Crippen MR) is 36.9 cm³/mol. The summed E-state index contributed by atoms with van der Waals surface area (Å²) in [7, 11) is 0. The Morgan fingerprint density at radius 1 is 1.56 bits per heavy atom. The van der Waals surface area contributed by atoms with Gasteiger partial charge in [0.15, 0.2) is 5.78 Å². The second kappa shape index (κ2) is 4.50. The van der Waals surface area contributed by atoms with Crippen molar-refractivity contribution in [1.82, 2.24) is 0 Å². The van der Waals surface area contributed by atoms with Crippen LogP contribution >= 0.6 is 0 Å². The number of carbonyl (C=O) groups excluding carboxylic acids is 1. The lowest BCUT2D eigenvalue weighted by Gasteiger charge is -2.00. The van der Waals surface area contributed by atoms with Gasteiger partial charge in [-0.1, -0.05) is 13.8 Å². The fourth-order valence-electron chi connectivity index (χ4n) is 0.678. The van der Waals surface area contributed by atoms with E-state index in [2.05, 4.69) is 5.73 Å². The summed E-state index contributed by atoms with van der Waals surface area (Å²) < 4.78 is 0. The molecule has 0 spiro atoms. The molecule has 0 fully saturated rings. The van der Waals surface area contributed by atoms with E-state index in [-0.39, 0.29) is 6.04 Å². The van der Waals surface area contributed by atoms with Gasteiger partial charge in [0.05, 0.1) is 0 Å². The van der Waals surface area contributed by atoms with Gasteiger partial charge < -0.3 is 5.73 Å². The number of hydrogen-bond donors (Lipinski definition) is 1. The lowest BCUT2D eigenvalue weighted by molar-refractivity contribution is -0.403. The molecule has 2 nitrogen and oxygen atoms in total. The van der Waals surface area contributed by atoms with Crippen LogP contribution in [0.15, 0.2) is 0 Å². The Bertz CT molecular complexity index is 90.9. The van der Waals surface area contributed by atoms with Gasteiger partial charge in [0.25, 0.3) is 0 Å². The predicted octanol–water partition coefficient (Wildman–Crippen LogP) is 0.376. The van der Waals surface area contributed by atoms with Crippen molar-refractivity contribution in [3.05, 3.63) is 0 Å². The molecular weight excluding hydrogens is 114 g/mol. The summed E-state index contributed by atoms with van der Waals surface area (Å²) in [4.78, 5) is 10.9. The second-order valence-electron chi connectivity index (χ2n) is 2.32. The highest BCUT2D eigenvalue weighted by Gasteiger charge is 2.11. The minimum absolute atomic E-state index is 0.0324. The lowest BCUT2D eigenvalue weighted by atomic mass is 10.1. The van der Waals surface area contributed by atoms with Crippen molar-refractivity contribution in [1.29, 1.82) is 0 Å². The van der Waals surface area contributed by atoms with Crippen molar-refractivity contribution in [3.8, 4) is 0 Å². The van der Waals surface area contributed by atoms with E-state index in [0.29, 0.717) is 12.2 Å². The first-order valence-electron chi connectivity index (χ1n) is 3.58. The van der Waals surface area contributed by atoms with Crippen molar-refractivity contribution in [2.24, 2.45) is 0 Å². The van der Waals surface area contributed by atoms with Crippen molar-refractivity contribution >= 4 is 5.78 Å². The van der Waals surface area contributed by atoms with Crippen LogP contribution in [0.25, 0.3) is 0 Å². The smallest absolute Gasteiger partial charge is 0.189 e. The molecule has 0 saturated carbocycles. The largest absolute Gasteiger partial charge is 0.349 e. The molecule has 9 heavy (non-hydrogen) atoms. The van der Waals surface area contributed by atoms with Gasteiger partial charge in [-0.05, 0) is 6.42 Å². The molecule has 0 aromatic rings. The first-order valence-corrected chi connectivity index (χ1v) is 3.58. The van der Waals surface area contributed by atoms with Crippen molar-refractivity contribution < 1.29 is 10.5 Å². The van der Waals surface area contributed by atoms with E-state index in [1.54, 1.807) is 0 Å². The Morgan fingerprint density at radius 2 is 2.11 bits per heavy atom. The number of Topliss-reactive ketones (excluding diaryl/α,β-unsaturated/α-hetero) is 1.